The minimum atomic E-state index is -0.166. The summed E-state index contributed by atoms with van der Waals surface area (Å²) in [4.78, 5) is 13.4. The van der Waals surface area contributed by atoms with Crippen LogP contribution >= 0.6 is 0 Å². The molecule has 1 heterocycles. The number of nitrogens with zero attached hydrogens (tertiary/aromatic N) is 1. The van der Waals surface area contributed by atoms with Gasteiger partial charge < -0.3 is 10.5 Å². The van der Waals surface area contributed by atoms with E-state index < -0.39 is 0 Å². The largest absolute Gasteiger partial charge is 0.468 e. The number of esters is 1. The molecule has 1 rings (SSSR count). The number of carbonyl (C=O) groups is 1. The van der Waals surface area contributed by atoms with E-state index in [-0.39, 0.29) is 12.0 Å². The fourth-order valence-corrected chi connectivity index (χ4v) is 1.93. The molecule has 76 valence electrons. The summed E-state index contributed by atoms with van der Waals surface area (Å²) in [5.41, 5.74) is 5.61. The van der Waals surface area contributed by atoms with Crippen molar-refractivity contribution in [3.05, 3.63) is 0 Å². The molecule has 13 heavy (non-hydrogen) atoms. The van der Waals surface area contributed by atoms with Crippen molar-refractivity contribution in [1.82, 2.24) is 4.90 Å². The first-order chi connectivity index (χ1) is 6.20. The summed E-state index contributed by atoms with van der Waals surface area (Å²) in [6.07, 6.45) is 2.22. The highest BCUT2D eigenvalue weighted by molar-refractivity contribution is 5.75. The number of rotatable bonds is 3. The number of hydrogen-bond acceptors (Lipinski definition) is 4. The number of hydrogen-bond donors (Lipinski definition) is 1. The lowest BCUT2D eigenvalue weighted by Gasteiger charge is -2.27. The zero-order valence-corrected chi connectivity index (χ0v) is 8.32. The quantitative estimate of drug-likeness (QED) is 0.629. The van der Waals surface area contributed by atoms with Gasteiger partial charge in [-0.15, -0.1) is 0 Å². The average molecular weight is 186 g/mol. The van der Waals surface area contributed by atoms with Crippen molar-refractivity contribution in [2.75, 3.05) is 20.2 Å². The first-order valence-corrected chi connectivity index (χ1v) is 4.74. The minimum Gasteiger partial charge on any atom is -0.468 e. The van der Waals surface area contributed by atoms with Gasteiger partial charge in [0, 0.05) is 12.6 Å². The van der Waals surface area contributed by atoms with Crippen molar-refractivity contribution in [3.63, 3.8) is 0 Å². The fourth-order valence-electron chi connectivity index (χ4n) is 1.93. The summed E-state index contributed by atoms with van der Waals surface area (Å²) in [5, 5.41) is 0. The molecule has 1 saturated heterocycles. The number of likely N-dealkylation sites (tertiary alicyclic amines) is 1. The van der Waals surface area contributed by atoms with Gasteiger partial charge in [0.05, 0.1) is 7.11 Å². The van der Waals surface area contributed by atoms with E-state index >= 15 is 0 Å². The topological polar surface area (TPSA) is 55.6 Å². The molecule has 4 heteroatoms. The maximum Gasteiger partial charge on any atom is 0.322 e. The summed E-state index contributed by atoms with van der Waals surface area (Å²) in [7, 11) is 1.42. The molecule has 0 aliphatic carbocycles. The van der Waals surface area contributed by atoms with Crippen molar-refractivity contribution in [2.24, 2.45) is 5.73 Å². The van der Waals surface area contributed by atoms with E-state index in [1.807, 2.05) is 6.92 Å². The second-order valence-electron chi connectivity index (χ2n) is 3.47. The molecule has 2 atom stereocenters. The van der Waals surface area contributed by atoms with Crippen LogP contribution in [0.25, 0.3) is 0 Å². The summed E-state index contributed by atoms with van der Waals surface area (Å²) in [6.45, 7) is 3.46. The van der Waals surface area contributed by atoms with Crippen LogP contribution in [0.4, 0.5) is 0 Å². The van der Waals surface area contributed by atoms with E-state index in [0.29, 0.717) is 12.6 Å². The Balaban J connectivity index is 2.54. The van der Waals surface area contributed by atoms with Crippen LogP contribution in [0.3, 0.4) is 0 Å². The first-order valence-electron chi connectivity index (χ1n) is 4.74. The molecule has 1 fully saturated rings. The number of ether oxygens (including phenoxy) is 1. The maximum absolute atomic E-state index is 11.3. The van der Waals surface area contributed by atoms with Crippen molar-refractivity contribution in [2.45, 2.75) is 31.8 Å². The Kier molecular flexibility index (Phi) is 3.69. The molecule has 4 nitrogen and oxygen atoms in total. The number of methoxy groups -OCH3 is 1. The van der Waals surface area contributed by atoms with Crippen LogP contribution in [0.1, 0.15) is 19.8 Å². The minimum absolute atomic E-state index is 0.152. The molecular weight excluding hydrogens is 168 g/mol. The molecule has 1 aliphatic heterocycles. The summed E-state index contributed by atoms with van der Waals surface area (Å²) in [6, 6.07) is 0.204. The SMILES string of the molecule is COC(=O)C(C)N1CCCC1CN. The molecular formula is C9H18N2O2. The van der Waals surface area contributed by atoms with Crippen molar-refractivity contribution >= 4 is 5.97 Å². The Labute approximate surface area is 79.0 Å². The molecule has 2 N–H and O–H groups in total. The van der Waals surface area contributed by atoms with E-state index in [2.05, 4.69) is 4.90 Å². The molecule has 2 unspecified atom stereocenters. The Bertz CT molecular complexity index is 184. The third-order valence-electron chi connectivity index (χ3n) is 2.73. The highest BCUT2D eigenvalue weighted by atomic mass is 16.5. The van der Waals surface area contributed by atoms with E-state index in [4.69, 9.17) is 10.5 Å². The van der Waals surface area contributed by atoms with E-state index in [9.17, 15) is 4.79 Å². The van der Waals surface area contributed by atoms with E-state index in [1.165, 1.54) is 7.11 Å². The smallest absolute Gasteiger partial charge is 0.322 e. The zero-order chi connectivity index (χ0) is 9.84. The molecule has 0 aromatic heterocycles. The number of nitrogens with two attached hydrogens (primary N) is 1. The molecule has 0 saturated carbocycles. The molecule has 0 radical (unpaired) electrons. The molecule has 1 aliphatic rings. The molecule has 0 aromatic rings. The monoisotopic (exact) mass is 186 g/mol. The Morgan fingerprint density at radius 3 is 3.00 bits per heavy atom. The molecule has 0 spiro atoms. The number of carbonyl (C=O) groups excluding carboxylic acids is 1. The summed E-state index contributed by atoms with van der Waals surface area (Å²) in [5.74, 6) is -0.166. The predicted octanol–water partition coefficient (Wildman–Crippen LogP) is -0.0290. The van der Waals surface area contributed by atoms with Crippen LogP contribution < -0.4 is 5.73 Å². The van der Waals surface area contributed by atoms with Crippen LogP contribution in [0.2, 0.25) is 0 Å². The lowest BCUT2D eigenvalue weighted by Crippen LogP contribution is -2.45. The van der Waals surface area contributed by atoms with Gasteiger partial charge >= 0.3 is 5.97 Å². The van der Waals surface area contributed by atoms with Gasteiger partial charge in [-0.1, -0.05) is 0 Å². The lowest BCUT2D eigenvalue weighted by molar-refractivity contribution is -0.146. The van der Waals surface area contributed by atoms with E-state index in [1.54, 1.807) is 0 Å². The first kappa shape index (κ1) is 10.5. The second-order valence-corrected chi connectivity index (χ2v) is 3.47. The van der Waals surface area contributed by atoms with Crippen LogP contribution in [-0.2, 0) is 9.53 Å². The van der Waals surface area contributed by atoms with Gasteiger partial charge in [-0.25, -0.2) is 0 Å². The zero-order valence-electron chi connectivity index (χ0n) is 8.32. The molecule has 0 amide bonds. The van der Waals surface area contributed by atoms with Gasteiger partial charge in [-0.2, -0.15) is 0 Å². The third-order valence-corrected chi connectivity index (χ3v) is 2.73. The van der Waals surface area contributed by atoms with Crippen LogP contribution in [-0.4, -0.2) is 43.2 Å². The van der Waals surface area contributed by atoms with Crippen LogP contribution in [0.15, 0.2) is 0 Å². The fraction of sp³-hybridized carbons (Fsp3) is 0.889. The summed E-state index contributed by atoms with van der Waals surface area (Å²) >= 11 is 0. The predicted molar refractivity (Wildman–Crippen MR) is 50.3 cm³/mol. The Morgan fingerprint density at radius 2 is 2.46 bits per heavy atom. The molecule has 0 bridgehead atoms. The van der Waals surface area contributed by atoms with Gasteiger partial charge in [0.15, 0.2) is 0 Å². The second kappa shape index (κ2) is 4.58. The van der Waals surface area contributed by atoms with E-state index in [0.717, 1.165) is 19.4 Å². The Hall–Kier alpha value is -0.610. The standard InChI is InChI=1S/C9H18N2O2/c1-7(9(12)13-2)11-5-3-4-8(11)6-10/h7-8H,3-6,10H2,1-2H3. The maximum atomic E-state index is 11.3. The Morgan fingerprint density at radius 1 is 1.77 bits per heavy atom. The molecule has 0 aromatic carbocycles. The lowest BCUT2D eigenvalue weighted by atomic mass is 10.2. The van der Waals surface area contributed by atoms with Gasteiger partial charge in [-0.05, 0) is 26.3 Å². The van der Waals surface area contributed by atoms with Gasteiger partial charge in [0.2, 0.25) is 0 Å². The third kappa shape index (κ3) is 2.19. The van der Waals surface area contributed by atoms with Gasteiger partial charge in [0.25, 0.3) is 0 Å². The average Bonchev–Trinajstić information content (AvgIpc) is 2.62. The normalized spacial score (nSPS) is 25.9. The van der Waals surface area contributed by atoms with Gasteiger partial charge in [0.1, 0.15) is 6.04 Å². The van der Waals surface area contributed by atoms with Crippen molar-refractivity contribution in [1.29, 1.82) is 0 Å². The van der Waals surface area contributed by atoms with Crippen LogP contribution in [0.5, 0.6) is 0 Å². The van der Waals surface area contributed by atoms with Crippen molar-refractivity contribution in [3.8, 4) is 0 Å². The van der Waals surface area contributed by atoms with Crippen molar-refractivity contribution < 1.29 is 9.53 Å². The summed E-state index contributed by atoms with van der Waals surface area (Å²) < 4.78 is 4.70. The van der Waals surface area contributed by atoms with Crippen LogP contribution in [0, 0.1) is 0 Å². The van der Waals surface area contributed by atoms with Gasteiger partial charge in [-0.3, -0.25) is 9.69 Å². The highest BCUT2D eigenvalue weighted by Crippen LogP contribution is 2.19. The highest BCUT2D eigenvalue weighted by Gasteiger charge is 2.31.